The highest BCUT2D eigenvalue weighted by atomic mass is 15.3. The Hall–Kier alpha value is -2.11. The molecule has 6 nitrogen and oxygen atoms in total. The maximum Gasteiger partial charge on any atom is 0.152 e. The summed E-state index contributed by atoms with van der Waals surface area (Å²) in [6, 6.07) is 5.66. The highest BCUT2D eigenvalue weighted by molar-refractivity contribution is 5.45. The molecule has 16 heavy (non-hydrogen) atoms. The second kappa shape index (κ2) is 3.48. The summed E-state index contributed by atoms with van der Waals surface area (Å²) in [7, 11) is 0. The summed E-state index contributed by atoms with van der Waals surface area (Å²) in [6.07, 6.45) is 1.76. The highest BCUT2D eigenvalue weighted by Crippen LogP contribution is 2.18. The van der Waals surface area contributed by atoms with Crippen LogP contribution >= 0.6 is 0 Å². The zero-order valence-electron chi connectivity index (χ0n) is 8.74. The number of aromatic nitrogens is 4. The summed E-state index contributed by atoms with van der Waals surface area (Å²) in [6.45, 7) is 2.52. The fourth-order valence-electron chi connectivity index (χ4n) is 1.88. The van der Waals surface area contributed by atoms with Crippen LogP contribution in [-0.2, 0) is 13.1 Å². The van der Waals surface area contributed by atoms with Crippen molar-refractivity contribution in [2.45, 2.75) is 13.1 Å². The molecule has 0 unspecified atom stereocenters. The quantitative estimate of drug-likeness (QED) is 0.741. The minimum atomic E-state index is 0.546. The minimum Gasteiger partial charge on any atom is -0.384 e. The van der Waals surface area contributed by atoms with Gasteiger partial charge in [-0.3, -0.25) is 0 Å². The molecule has 0 aliphatic carbocycles. The lowest BCUT2D eigenvalue weighted by atomic mass is 10.3. The Bertz CT molecular complexity index is 506. The number of nitrogens with zero attached hydrogens (tertiary/aromatic N) is 5. The Morgan fingerprint density at radius 1 is 1.25 bits per heavy atom. The topological polar surface area (TPSA) is 72.9 Å². The van der Waals surface area contributed by atoms with E-state index in [1.165, 1.54) is 0 Å². The smallest absolute Gasteiger partial charge is 0.152 e. The molecule has 0 atom stereocenters. The highest BCUT2D eigenvalue weighted by Gasteiger charge is 2.18. The molecular formula is C10H12N6. The van der Waals surface area contributed by atoms with Gasteiger partial charge in [0.1, 0.15) is 18.0 Å². The largest absolute Gasteiger partial charge is 0.384 e. The van der Waals surface area contributed by atoms with Crippen molar-refractivity contribution in [1.82, 2.24) is 19.7 Å². The SMILES string of the molecule is Nc1cccc(N2CCn3cnnc3C2)n1. The standard InChI is InChI=1S/C10H12N6/c11-8-2-1-3-9(13-8)15-4-5-16-7-12-14-10(16)6-15/h1-3,7H,4-6H2,(H2,11,13). The van der Waals surface area contributed by atoms with Crippen LogP contribution < -0.4 is 10.6 Å². The minimum absolute atomic E-state index is 0.546. The zero-order valence-corrected chi connectivity index (χ0v) is 8.74. The van der Waals surface area contributed by atoms with Gasteiger partial charge < -0.3 is 15.2 Å². The van der Waals surface area contributed by atoms with E-state index < -0.39 is 0 Å². The molecule has 0 aromatic carbocycles. The molecule has 0 fully saturated rings. The van der Waals surface area contributed by atoms with Gasteiger partial charge in [0.2, 0.25) is 0 Å². The normalized spacial score (nSPS) is 14.9. The first-order valence-electron chi connectivity index (χ1n) is 5.17. The van der Waals surface area contributed by atoms with E-state index in [-0.39, 0.29) is 0 Å². The molecule has 0 saturated carbocycles. The summed E-state index contributed by atoms with van der Waals surface area (Å²) in [5.41, 5.74) is 5.67. The van der Waals surface area contributed by atoms with Crippen LogP contribution in [0.5, 0.6) is 0 Å². The Labute approximate surface area is 92.7 Å². The van der Waals surface area contributed by atoms with E-state index in [1.54, 1.807) is 12.4 Å². The van der Waals surface area contributed by atoms with Gasteiger partial charge >= 0.3 is 0 Å². The van der Waals surface area contributed by atoms with E-state index in [2.05, 4.69) is 24.6 Å². The third kappa shape index (κ3) is 1.48. The molecular weight excluding hydrogens is 204 g/mol. The predicted octanol–water partition coefficient (Wildman–Crippen LogP) is 0.275. The van der Waals surface area contributed by atoms with E-state index >= 15 is 0 Å². The van der Waals surface area contributed by atoms with Gasteiger partial charge in [-0.25, -0.2) is 4.98 Å². The van der Waals surface area contributed by atoms with Crippen molar-refractivity contribution in [2.24, 2.45) is 0 Å². The maximum atomic E-state index is 5.67. The average Bonchev–Trinajstić information content (AvgIpc) is 2.75. The van der Waals surface area contributed by atoms with E-state index in [0.717, 1.165) is 31.3 Å². The van der Waals surface area contributed by atoms with Gasteiger partial charge in [0, 0.05) is 13.1 Å². The van der Waals surface area contributed by atoms with Crippen molar-refractivity contribution in [3.8, 4) is 0 Å². The predicted molar refractivity (Wildman–Crippen MR) is 59.7 cm³/mol. The average molecular weight is 216 g/mol. The van der Waals surface area contributed by atoms with Gasteiger partial charge in [-0.05, 0) is 12.1 Å². The molecule has 2 aromatic heterocycles. The van der Waals surface area contributed by atoms with Crippen molar-refractivity contribution in [3.05, 3.63) is 30.4 Å². The van der Waals surface area contributed by atoms with Crippen molar-refractivity contribution < 1.29 is 0 Å². The van der Waals surface area contributed by atoms with Crippen LogP contribution in [-0.4, -0.2) is 26.3 Å². The molecule has 2 N–H and O–H groups in total. The lowest BCUT2D eigenvalue weighted by Gasteiger charge is -2.27. The third-order valence-electron chi connectivity index (χ3n) is 2.72. The number of rotatable bonds is 1. The summed E-state index contributed by atoms with van der Waals surface area (Å²) in [5, 5.41) is 7.96. The van der Waals surface area contributed by atoms with Gasteiger partial charge in [0.15, 0.2) is 5.82 Å². The summed E-state index contributed by atoms with van der Waals surface area (Å²) >= 11 is 0. The molecule has 0 saturated heterocycles. The van der Waals surface area contributed by atoms with Crippen molar-refractivity contribution in [3.63, 3.8) is 0 Å². The van der Waals surface area contributed by atoms with Crippen LogP contribution in [0.3, 0.4) is 0 Å². The van der Waals surface area contributed by atoms with Gasteiger partial charge in [0.05, 0.1) is 6.54 Å². The van der Waals surface area contributed by atoms with Gasteiger partial charge in [-0.2, -0.15) is 0 Å². The van der Waals surface area contributed by atoms with Crippen LogP contribution in [0.4, 0.5) is 11.6 Å². The molecule has 0 spiro atoms. The summed E-state index contributed by atoms with van der Waals surface area (Å²) < 4.78 is 2.06. The number of fused-ring (bicyclic) bond motifs is 1. The Balaban J connectivity index is 1.88. The first kappa shape index (κ1) is 9.14. The number of hydrogen-bond acceptors (Lipinski definition) is 5. The lowest BCUT2D eigenvalue weighted by Crippen LogP contribution is -2.34. The third-order valence-corrected chi connectivity index (χ3v) is 2.72. The molecule has 0 amide bonds. The van der Waals surface area contributed by atoms with E-state index in [9.17, 15) is 0 Å². The Morgan fingerprint density at radius 3 is 3.06 bits per heavy atom. The molecule has 3 heterocycles. The second-order valence-electron chi connectivity index (χ2n) is 3.78. The number of nitrogens with two attached hydrogens (primary N) is 1. The molecule has 1 aliphatic heterocycles. The van der Waals surface area contributed by atoms with Crippen LogP contribution in [0.2, 0.25) is 0 Å². The monoisotopic (exact) mass is 216 g/mol. The second-order valence-corrected chi connectivity index (χ2v) is 3.78. The summed E-state index contributed by atoms with van der Waals surface area (Å²) in [5.74, 6) is 2.41. The fraction of sp³-hybridized carbons (Fsp3) is 0.300. The van der Waals surface area contributed by atoms with E-state index in [4.69, 9.17) is 5.73 Å². The van der Waals surface area contributed by atoms with Gasteiger partial charge in [0.25, 0.3) is 0 Å². The van der Waals surface area contributed by atoms with E-state index in [1.807, 2.05) is 12.1 Å². The molecule has 82 valence electrons. The number of hydrogen-bond donors (Lipinski definition) is 1. The number of nitrogen functional groups attached to an aromatic ring is 1. The summed E-state index contributed by atoms with van der Waals surface area (Å²) in [4.78, 5) is 6.45. The van der Waals surface area contributed by atoms with Crippen LogP contribution in [0.1, 0.15) is 5.82 Å². The van der Waals surface area contributed by atoms with Crippen molar-refractivity contribution in [2.75, 3.05) is 17.2 Å². The van der Waals surface area contributed by atoms with Crippen molar-refractivity contribution >= 4 is 11.6 Å². The molecule has 2 aromatic rings. The molecule has 3 rings (SSSR count). The van der Waals surface area contributed by atoms with Crippen LogP contribution in [0, 0.1) is 0 Å². The van der Waals surface area contributed by atoms with E-state index in [0.29, 0.717) is 5.82 Å². The fourth-order valence-corrected chi connectivity index (χ4v) is 1.88. The zero-order chi connectivity index (χ0) is 11.0. The lowest BCUT2D eigenvalue weighted by molar-refractivity contribution is 0.556. The molecule has 6 heteroatoms. The number of pyridine rings is 1. The Morgan fingerprint density at radius 2 is 2.19 bits per heavy atom. The Kier molecular flexibility index (Phi) is 1.99. The molecule has 1 aliphatic rings. The van der Waals surface area contributed by atoms with Crippen LogP contribution in [0.15, 0.2) is 24.5 Å². The first-order chi connectivity index (χ1) is 7.83. The molecule has 0 radical (unpaired) electrons. The van der Waals surface area contributed by atoms with Gasteiger partial charge in [-0.1, -0.05) is 6.07 Å². The number of anilines is 2. The van der Waals surface area contributed by atoms with Gasteiger partial charge in [-0.15, -0.1) is 10.2 Å². The first-order valence-corrected chi connectivity index (χ1v) is 5.17. The maximum absolute atomic E-state index is 5.67. The van der Waals surface area contributed by atoms with Crippen LogP contribution in [0.25, 0.3) is 0 Å². The van der Waals surface area contributed by atoms with Crippen molar-refractivity contribution in [1.29, 1.82) is 0 Å². The molecule has 0 bridgehead atoms.